The van der Waals surface area contributed by atoms with Gasteiger partial charge in [-0.05, 0) is 59.0 Å². The minimum atomic E-state index is -3.44. The molecule has 0 bridgehead atoms. The molecule has 142 valence electrons. The molecular weight excluding hydrogens is 370 g/mol. The molecule has 0 spiro atoms. The molecule has 0 unspecified atom stereocenters. The van der Waals surface area contributed by atoms with Gasteiger partial charge in [-0.2, -0.15) is 0 Å². The van der Waals surface area contributed by atoms with Gasteiger partial charge in [0.15, 0.2) is 0 Å². The summed E-state index contributed by atoms with van der Waals surface area (Å²) in [5.41, 5.74) is 0.830. The van der Waals surface area contributed by atoms with Crippen LogP contribution >= 0.6 is 0 Å². The molecule has 0 aliphatic rings. The molecule has 2 aromatic carbocycles. The lowest BCUT2D eigenvalue weighted by molar-refractivity contribution is 0.217. The third kappa shape index (κ3) is 4.60. The number of aromatic nitrogens is 4. The van der Waals surface area contributed by atoms with Gasteiger partial charge in [0.2, 0.25) is 10.0 Å². The number of hydrogen-bond donors (Lipinski definition) is 0. The maximum absolute atomic E-state index is 12.0. The minimum absolute atomic E-state index is 0.221. The topological polar surface area (TPSA) is 99.4 Å². The number of sulfonamides is 1. The highest BCUT2D eigenvalue weighted by Gasteiger charge is 2.16. The average Bonchev–Trinajstić information content (AvgIpc) is 3.21. The molecule has 27 heavy (non-hydrogen) atoms. The van der Waals surface area contributed by atoms with Gasteiger partial charge in [-0.25, -0.2) is 17.4 Å². The van der Waals surface area contributed by atoms with E-state index in [1.165, 1.54) is 36.9 Å². The molecule has 3 rings (SSSR count). The number of benzene rings is 2. The summed E-state index contributed by atoms with van der Waals surface area (Å²) in [5, 5.41) is 11.0. The molecule has 0 radical (unpaired) electrons. The standard InChI is InChI=1S/C17H19N5O4S/c1-21(2)27(23,24)17-9-7-16(8-10-17)26-12-11-25-15-5-3-14(4-6-15)22-13-18-19-20-22/h3-10,13H,11-12H2,1-2H3. The zero-order valence-corrected chi connectivity index (χ0v) is 15.7. The van der Waals surface area contributed by atoms with E-state index in [0.717, 1.165) is 5.69 Å². The van der Waals surface area contributed by atoms with Gasteiger partial charge in [0.1, 0.15) is 31.0 Å². The van der Waals surface area contributed by atoms with Gasteiger partial charge in [-0.15, -0.1) is 5.10 Å². The summed E-state index contributed by atoms with van der Waals surface area (Å²) in [7, 11) is -0.451. The Hall–Kier alpha value is -2.98. The Labute approximate surface area is 157 Å². The SMILES string of the molecule is CN(C)S(=O)(=O)c1ccc(OCCOc2ccc(-n3cnnn3)cc2)cc1. The van der Waals surface area contributed by atoms with Crippen LogP contribution in [0.5, 0.6) is 11.5 Å². The summed E-state index contributed by atoms with van der Waals surface area (Å²) in [6.45, 7) is 0.677. The van der Waals surface area contributed by atoms with Crippen LogP contribution < -0.4 is 9.47 Å². The lowest BCUT2D eigenvalue weighted by atomic mass is 10.3. The van der Waals surface area contributed by atoms with E-state index in [4.69, 9.17) is 9.47 Å². The van der Waals surface area contributed by atoms with E-state index in [1.807, 2.05) is 24.3 Å². The zero-order chi connectivity index (χ0) is 19.3. The van der Waals surface area contributed by atoms with Crippen molar-refractivity contribution in [3.05, 3.63) is 54.9 Å². The Balaban J connectivity index is 1.47. The Bertz CT molecular complexity index is 956. The Kier molecular flexibility index (Phi) is 5.67. The second-order valence-corrected chi connectivity index (χ2v) is 7.86. The van der Waals surface area contributed by atoms with Crippen molar-refractivity contribution in [2.75, 3.05) is 27.3 Å². The molecular formula is C17H19N5O4S. The van der Waals surface area contributed by atoms with Crippen molar-refractivity contribution < 1.29 is 17.9 Å². The van der Waals surface area contributed by atoms with Gasteiger partial charge in [-0.3, -0.25) is 0 Å². The van der Waals surface area contributed by atoms with Crippen molar-refractivity contribution in [3.63, 3.8) is 0 Å². The molecule has 0 atom stereocenters. The zero-order valence-electron chi connectivity index (χ0n) is 14.9. The maximum Gasteiger partial charge on any atom is 0.242 e. The first-order valence-electron chi connectivity index (χ1n) is 8.08. The first-order valence-corrected chi connectivity index (χ1v) is 9.52. The summed E-state index contributed by atoms with van der Waals surface area (Å²) in [6.07, 6.45) is 1.51. The van der Waals surface area contributed by atoms with E-state index in [1.54, 1.807) is 16.8 Å². The fourth-order valence-electron chi connectivity index (χ4n) is 2.21. The van der Waals surface area contributed by atoms with Gasteiger partial charge in [-0.1, -0.05) is 0 Å². The van der Waals surface area contributed by atoms with Crippen LogP contribution in [0.4, 0.5) is 0 Å². The van der Waals surface area contributed by atoms with Crippen LogP contribution in [0.1, 0.15) is 0 Å². The van der Waals surface area contributed by atoms with Crippen molar-refractivity contribution in [1.82, 2.24) is 24.5 Å². The number of ether oxygens (including phenoxy) is 2. The molecule has 1 aromatic heterocycles. The van der Waals surface area contributed by atoms with E-state index < -0.39 is 10.0 Å². The molecule has 0 saturated heterocycles. The molecule has 0 saturated carbocycles. The van der Waals surface area contributed by atoms with Crippen molar-refractivity contribution in [2.45, 2.75) is 4.90 Å². The first kappa shape index (κ1) is 18.8. The fourth-order valence-corrected chi connectivity index (χ4v) is 3.11. The Morgan fingerprint density at radius 1 is 0.926 bits per heavy atom. The molecule has 10 heteroatoms. The van der Waals surface area contributed by atoms with Crippen LogP contribution in [0, 0.1) is 0 Å². The first-order chi connectivity index (χ1) is 13.0. The normalized spacial score (nSPS) is 11.5. The van der Waals surface area contributed by atoms with E-state index in [-0.39, 0.29) is 4.90 Å². The van der Waals surface area contributed by atoms with Crippen molar-refractivity contribution in [1.29, 1.82) is 0 Å². The Morgan fingerprint density at radius 3 is 1.96 bits per heavy atom. The lowest BCUT2D eigenvalue weighted by Crippen LogP contribution is -2.22. The summed E-state index contributed by atoms with van der Waals surface area (Å²) in [4.78, 5) is 0.221. The summed E-state index contributed by atoms with van der Waals surface area (Å²) >= 11 is 0. The van der Waals surface area contributed by atoms with Crippen molar-refractivity contribution >= 4 is 10.0 Å². The largest absolute Gasteiger partial charge is 0.490 e. The summed E-state index contributed by atoms with van der Waals surface area (Å²) in [6, 6.07) is 13.6. The second-order valence-electron chi connectivity index (χ2n) is 5.70. The van der Waals surface area contributed by atoms with Gasteiger partial charge in [0, 0.05) is 14.1 Å². The molecule has 0 fully saturated rings. The smallest absolute Gasteiger partial charge is 0.242 e. The van der Waals surface area contributed by atoms with Crippen molar-refractivity contribution in [3.8, 4) is 17.2 Å². The highest BCUT2D eigenvalue weighted by molar-refractivity contribution is 7.89. The van der Waals surface area contributed by atoms with E-state index in [0.29, 0.717) is 24.7 Å². The molecule has 3 aromatic rings. The lowest BCUT2D eigenvalue weighted by Gasteiger charge is -2.12. The molecule has 0 aliphatic carbocycles. The van der Waals surface area contributed by atoms with Crippen LogP contribution in [0.2, 0.25) is 0 Å². The van der Waals surface area contributed by atoms with Crippen LogP contribution in [0.3, 0.4) is 0 Å². The summed E-state index contributed by atoms with van der Waals surface area (Å²) < 4.78 is 37.9. The van der Waals surface area contributed by atoms with Crippen LogP contribution in [0.15, 0.2) is 59.8 Å². The fraction of sp³-hybridized carbons (Fsp3) is 0.235. The van der Waals surface area contributed by atoms with E-state index in [2.05, 4.69) is 15.5 Å². The predicted molar refractivity (Wildman–Crippen MR) is 97.5 cm³/mol. The average molecular weight is 389 g/mol. The minimum Gasteiger partial charge on any atom is -0.490 e. The maximum atomic E-state index is 12.0. The van der Waals surface area contributed by atoms with E-state index >= 15 is 0 Å². The second kappa shape index (κ2) is 8.14. The van der Waals surface area contributed by atoms with Crippen LogP contribution in [-0.4, -0.2) is 60.2 Å². The highest BCUT2D eigenvalue weighted by atomic mass is 32.2. The molecule has 0 N–H and O–H groups in total. The molecule has 9 nitrogen and oxygen atoms in total. The number of hydrogen-bond acceptors (Lipinski definition) is 7. The van der Waals surface area contributed by atoms with Gasteiger partial charge in [0.25, 0.3) is 0 Å². The van der Waals surface area contributed by atoms with Crippen LogP contribution in [0.25, 0.3) is 5.69 Å². The molecule has 0 amide bonds. The number of tetrazole rings is 1. The van der Waals surface area contributed by atoms with Gasteiger partial charge in [0.05, 0.1) is 10.6 Å². The highest BCUT2D eigenvalue weighted by Crippen LogP contribution is 2.18. The number of nitrogens with zero attached hydrogens (tertiary/aromatic N) is 5. The summed E-state index contributed by atoms with van der Waals surface area (Å²) in [5.74, 6) is 1.27. The quantitative estimate of drug-likeness (QED) is 0.537. The monoisotopic (exact) mass is 389 g/mol. The van der Waals surface area contributed by atoms with E-state index in [9.17, 15) is 8.42 Å². The number of rotatable bonds is 8. The Morgan fingerprint density at radius 2 is 1.48 bits per heavy atom. The third-order valence-corrected chi connectivity index (χ3v) is 5.50. The molecule has 1 heterocycles. The molecule has 0 aliphatic heterocycles. The van der Waals surface area contributed by atoms with Gasteiger partial charge < -0.3 is 9.47 Å². The van der Waals surface area contributed by atoms with Gasteiger partial charge >= 0.3 is 0 Å². The third-order valence-electron chi connectivity index (χ3n) is 3.67. The van der Waals surface area contributed by atoms with Crippen molar-refractivity contribution in [2.24, 2.45) is 0 Å². The predicted octanol–water partition coefficient (Wildman–Crippen LogP) is 1.37. The van der Waals surface area contributed by atoms with Crippen LogP contribution in [-0.2, 0) is 10.0 Å².